The molecule has 0 fully saturated rings. The number of aryl methyl sites for hydroxylation is 2. The summed E-state index contributed by atoms with van der Waals surface area (Å²) < 4.78 is 1.58. The van der Waals surface area contributed by atoms with Crippen molar-refractivity contribution in [2.75, 3.05) is 12.3 Å². The summed E-state index contributed by atoms with van der Waals surface area (Å²) in [4.78, 5) is 42.3. The Labute approximate surface area is 344 Å². The van der Waals surface area contributed by atoms with Crippen LogP contribution in [-0.2, 0) is 11.8 Å². The van der Waals surface area contributed by atoms with Gasteiger partial charge in [0, 0.05) is 35.8 Å². The highest BCUT2D eigenvalue weighted by Crippen LogP contribution is 2.80. The lowest BCUT2D eigenvalue weighted by Crippen LogP contribution is -2.31. The van der Waals surface area contributed by atoms with E-state index in [-0.39, 0.29) is 17.2 Å². The first-order valence-corrected chi connectivity index (χ1v) is 26.2. The van der Waals surface area contributed by atoms with E-state index < -0.39 is 10.0 Å². The van der Waals surface area contributed by atoms with Crippen molar-refractivity contribution in [3.8, 4) is 19.5 Å². The number of amides is 2. The molecular weight excluding hydrogens is 759 g/mol. The number of nitrogens with zero attached hydrogens (tertiary/aromatic N) is 1. The SMILES string of the molecule is CCCCCCCCN1C(=O)c2c(-c3cc4c(s3)-c3sc(C)cc3S4(CC(CC)CCCC)c3ccc(CCCCCCC)s3)sc(C(C)(C)C)c2C1=O. The van der Waals surface area contributed by atoms with Crippen LogP contribution in [0.3, 0.4) is 0 Å². The number of thiophene rings is 4. The standard InChI is InChI=1S/C46H65NO2S5/c1-9-13-16-18-20-22-27-47-44(48)38-39(45(47)49)43(46(6,7)8)53-40(38)34-29-36-42(52-34)41-35(28-31(5)50-41)54(36,30-32(12-4)23-15-11-3)37-26-25-33(51-37)24-21-19-17-14-10-2/h25-26,28-29,32H,9-24,27,30H2,1-8H3. The van der Waals surface area contributed by atoms with Gasteiger partial charge in [0.15, 0.2) is 0 Å². The molecule has 0 aliphatic carbocycles. The Kier molecular flexibility index (Phi) is 14.2. The average Bonchev–Trinajstić information content (AvgIpc) is 3.99. The van der Waals surface area contributed by atoms with Crippen molar-refractivity contribution in [1.82, 2.24) is 4.90 Å². The van der Waals surface area contributed by atoms with E-state index in [1.165, 1.54) is 125 Å². The second-order valence-electron chi connectivity index (χ2n) is 16.9. The van der Waals surface area contributed by atoms with Crippen LogP contribution in [0, 0.1) is 12.8 Å². The molecule has 3 nitrogen and oxygen atoms in total. The first kappa shape index (κ1) is 41.9. The van der Waals surface area contributed by atoms with Crippen LogP contribution < -0.4 is 0 Å². The Balaban J connectivity index is 1.44. The molecule has 0 radical (unpaired) electrons. The maximum absolute atomic E-state index is 14.4. The molecule has 0 aromatic carbocycles. The summed E-state index contributed by atoms with van der Waals surface area (Å²) in [5.74, 6) is 1.72. The first-order chi connectivity index (χ1) is 26.0. The van der Waals surface area contributed by atoms with E-state index in [1.54, 1.807) is 25.3 Å². The first-order valence-electron chi connectivity index (χ1n) is 21.2. The van der Waals surface area contributed by atoms with Gasteiger partial charge in [0.1, 0.15) is 0 Å². The number of unbranched alkanes of at least 4 members (excludes halogenated alkanes) is 10. The molecule has 2 amide bonds. The van der Waals surface area contributed by atoms with E-state index in [9.17, 15) is 9.59 Å². The minimum Gasteiger partial charge on any atom is -0.274 e. The topological polar surface area (TPSA) is 37.4 Å². The molecule has 0 saturated carbocycles. The Hall–Kier alpha value is -1.71. The Bertz CT molecular complexity index is 1900. The van der Waals surface area contributed by atoms with Crippen LogP contribution in [0.4, 0.5) is 0 Å². The quantitative estimate of drug-likeness (QED) is 0.0620. The summed E-state index contributed by atoms with van der Waals surface area (Å²) in [5.41, 5.74) is 1.13. The van der Waals surface area contributed by atoms with Crippen molar-refractivity contribution in [3.05, 3.63) is 50.0 Å². The van der Waals surface area contributed by atoms with Crippen molar-refractivity contribution >= 4 is 67.2 Å². The maximum atomic E-state index is 14.4. The van der Waals surface area contributed by atoms with Gasteiger partial charge in [-0.05, 0) is 74.0 Å². The van der Waals surface area contributed by atoms with Gasteiger partial charge in [0.25, 0.3) is 11.8 Å². The largest absolute Gasteiger partial charge is 0.274 e. The lowest BCUT2D eigenvalue weighted by atomic mass is 9.90. The minimum atomic E-state index is -1.50. The van der Waals surface area contributed by atoms with Gasteiger partial charge in [0.2, 0.25) is 0 Å². The van der Waals surface area contributed by atoms with Gasteiger partial charge in [-0.15, -0.1) is 55.4 Å². The van der Waals surface area contributed by atoms with Gasteiger partial charge in [-0.25, -0.2) is 0 Å². The smallest absolute Gasteiger partial charge is 0.263 e. The van der Waals surface area contributed by atoms with Crippen LogP contribution in [0.15, 0.2) is 38.3 Å². The number of carbonyl (C=O) groups excluding carboxylic acids is 2. The predicted molar refractivity (Wildman–Crippen MR) is 240 cm³/mol. The number of hydrogen-bond donors (Lipinski definition) is 0. The number of imide groups is 1. The molecule has 2 unspecified atom stereocenters. The summed E-state index contributed by atoms with van der Waals surface area (Å²) >= 11 is 7.67. The zero-order valence-corrected chi connectivity index (χ0v) is 38.5. The van der Waals surface area contributed by atoms with Gasteiger partial charge in [-0.1, -0.05) is 126 Å². The molecule has 8 heteroatoms. The third-order valence-corrected chi connectivity index (χ3v) is 21.9. The second kappa shape index (κ2) is 18.3. The van der Waals surface area contributed by atoms with Crippen molar-refractivity contribution in [3.63, 3.8) is 0 Å². The van der Waals surface area contributed by atoms with E-state index in [0.717, 1.165) is 22.6 Å². The average molecular weight is 824 g/mol. The normalized spacial score (nSPS) is 18.3. The predicted octanol–water partition coefficient (Wildman–Crippen LogP) is 16.2. The van der Waals surface area contributed by atoms with E-state index in [1.807, 2.05) is 22.7 Å². The summed E-state index contributed by atoms with van der Waals surface area (Å²) in [6, 6.07) is 10.0. The van der Waals surface area contributed by atoms with E-state index in [2.05, 4.69) is 91.0 Å². The highest BCUT2D eigenvalue weighted by Gasteiger charge is 2.48. The van der Waals surface area contributed by atoms with Gasteiger partial charge in [-0.3, -0.25) is 14.5 Å². The van der Waals surface area contributed by atoms with Gasteiger partial charge in [0.05, 0.1) is 30.0 Å². The summed E-state index contributed by atoms with van der Waals surface area (Å²) in [6.45, 7) is 18.7. The fraction of sp³-hybridized carbons (Fsp3) is 0.609. The number of hydrogen-bond acceptors (Lipinski definition) is 6. The van der Waals surface area contributed by atoms with Crippen molar-refractivity contribution in [2.45, 2.75) is 178 Å². The fourth-order valence-corrected chi connectivity index (χ4v) is 19.9. The molecule has 0 bridgehead atoms. The fourth-order valence-electron chi connectivity index (χ4n) is 8.40. The van der Waals surface area contributed by atoms with Gasteiger partial charge in [-0.2, -0.15) is 0 Å². The van der Waals surface area contributed by atoms with Crippen molar-refractivity contribution in [2.24, 2.45) is 5.92 Å². The van der Waals surface area contributed by atoms with Crippen LogP contribution in [0.1, 0.15) is 180 Å². The van der Waals surface area contributed by atoms with E-state index in [0.29, 0.717) is 23.6 Å². The van der Waals surface area contributed by atoms with Crippen LogP contribution in [0.5, 0.6) is 0 Å². The zero-order chi connectivity index (χ0) is 38.6. The highest BCUT2D eigenvalue weighted by atomic mass is 32.3. The van der Waals surface area contributed by atoms with Crippen molar-refractivity contribution < 1.29 is 9.59 Å². The van der Waals surface area contributed by atoms with Crippen LogP contribution in [0.25, 0.3) is 19.5 Å². The highest BCUT2D eigenvalue weighted by molar-refractivity contribution is 8.35. The lowest BCUT2D eigenvalue weighted by molar-refractivity contribution is 0.0650. The molecule has 2 atom stereocenters. The van der Waals surface area contributed by atoms with Crippen LogP contribution in [-0.4, -0.2) is 29.0 Å². The molecule has 6 rings (SSSR count). The second-order valence-corrected chi connectivity index (χ2v) is 24.7. The summed E-state index contributed by atoms with van der Waals surface area (Å²) in [6.07, 6.45) is 19.5. The van der Waals surface area contributed by atoms with Crippen LogP contribution >= 0.6 is 55.4 Å². The molecule has 4 aromatic heterocycles. The van der Waals surface area contributed by atoms with E-state index >= 15 is 0 Å². The Morgan fingerprint density at radius 2 is 1.31 bits per heavy atom. The Morgan fingerprint density at radius 1 is 0.685 bits per heavy atom. The van der Waals surface area contributed by atoms with E-state index in [4.69, 9.17) is 0 Å². The maximum Gasteiger partial charge on any atom is 0.263 e. The molecule has 2 aliphatic heterocycles. The van der Waals surface area contributed by atoms with Crippen molar-refractivity contribution in [1.29, 1.82) is 0 Å². The third-order valence-electron chi connectivity index (χ3n) is 11.5. The number of carbonyl (C=O) groups is 2. The molecule has 0 N–H and O–H groups in total. The number of rotatable bonds is 21. The Morgan fingerprint density at radius 3 is 2.00 bits per heavy atom. The molecular formula is C46H65NO2S5. The summed E-state index contributed by atoms with van der Waals surface area (Å²) in [7, 11) is -1.50. The molecule has 0 spiro atoms. The molecule has 2 aliphatic rings. The van der Waals surface area contributed by atoms with Crippen LogP contribution in [0.2, 0.25) is 0 Å². The monoisotopic (exact) mass is 823 g/mol. The molecule has 6 heterocycles. The number of fused-ring (bicyclic) bond motifs is 4. The lowest BCUT2D eigenvalue weighted by Gasteiger charge is -2.39. The molecule has 0 saturated heterocycles. The molecule has 54 heavy (non-hydrogen) atoms. The van der Waals surface area contributed by atoms with Gasteiger partial charge >= 0.3 is 0 Å². The summed E-state index contributed by atoms with van der Waals surface area (Å²) in [5, 5.41) is 0. The van der Waals surface area contributed by atoms with Gasteiger partial charge < -0.3 is 0 Å². The zero-order valence-electron chi connectivity index (χ0n) is 34.4. The molecule has 4 aromatic rings. The third kappa shape index (κ3) is 8.31. The molecule has 296 valence electrons. The minimum absolute atomic E-state index is 0.0706.